The quantitative estimate of drug-likeness (QED) is 0.386. The lowest BCUT2D eigenvalue weighted by Gasteiger charge is -2.12. The molecule has 7 nitrogen and oxygen atoms in total. The van der Waals surface area contributed by atoms with Gasteiger partial charge < -0.3 is 0 Å². The molecule has 1 amide bonds. The highest BCUT2D eigenvalue weighted by molar-refractivity contribution is 5.93. The third-order valence-corrected chi connectivity index (χ3v) is 5.78. The van der Waals surface area contributed by atoms with E-state index in [0.29, 0.717) is 12.1 Å². The third kappa shape index (κ3) is 3.43. The molecule has 0 spiro atoms. The number of hydrogen-bond acceptors (Lipinski definition) is 4. The Morgan fingerprint density at radius 1 is 1.06 bits per heavy atom. The molecule has 2 heterocycles. The number of fused-ring (bicyclic) bond motifs is 3. The van der Waals surface area contributed by atoms with Gasteiger partial charge in [-0.05, 0) is 37.5 Å². The molecular weight excluding hydrogens is 390 g/mol. The van der Waals surface area contributed by atoms with Crippen molar-refractivity contribution >= 4 is 5.91 Å². The number of aryl methyl sites for hydroxylation is 2. The van der Waals surface area contributed by atoms with Gasteiger partial charge >= 0.3 is 0 Å². The van der Waals surface area contributed by atoms with Gasteiger partial charge in [-0.3, -0.25) is 19.4 Å². The largest absolute Gasteiger partial charge is 0.288 e. The summed E-state index contributed by atoms with van der Waals surface area (Å²) < 4.78 is 4.03. The zero-order chi connectivity index (χ0) is 21.4. The van der Waals surface area contributed by atoms with Crippen LogP contribution in [0.5, 0.6) is 0 Å². The highest BCUT2D eigenvalue weighted by Gasteiger charge is 2.27. The number of aromatic nitrogens is 4. The summed E-state index contributed by atoms with van der Waals surface area (Å²) in [6.45, 7) is 3.51. The molecule has 5 rings (SSSR count). The molecule has 1 aliphatic carbocycles. The van der Waals surface area contributed by atoms with Crippen LogP contribution in [0.1, 0.15) is 34.1 Å². The summed E-state index contributed by atoms with van der Waals surface area (Å²) in [5.41, 5.74) is 9.86. The minimum Gasteiger partial charge on any atom is -0.288 e. The molecule has 156 valence electrons. The summed E-state index contributed by atoms with van der Waals surface area (Å²) in [6.07, 6.45) is 3.91. The first-order chi connectivity index (χ1) is 15.2. The first-order valence-corrected chi connectivity index (χ1v) is 10.4. The normalized spacial score (nSPS) is 12.3. The van der Waals surface area contributed by atoms with Gasteiger partial charge in [-0.25, -0.2) is 5.48 Å². The number of amides is 1. The van der Waals surface area contributed by atoms with E-state index in [2.05, 4.69) is 29.9 Å². The second-order valence-electron chi connectivity index (χ2n) is 7.68. The van der Waals surface area contributed by atoms with Gasteiger partial charge in [-0.15, -0.1) is 0 Å². The van der Waals surface area contributed by atoms with Gasteiger partial charge in [0.25, 0.3) is 5.91 Å². The Balaban J connectivity index is 1.59. The van der Waals surface area contributed by atoms with Gasteiger partial charge in [-0.2, -0.15) is 10.2 Å². The van der Waals surface area contributed by atoms with Crippen LogP contribution < -0.4 is 5.48 Å². The fourth-order valence-corrected chi connectivity index (χ4v) is 4.23. The molecule has 2 aromatic carbocycles. The molecule has 2 N–H and O–H groups in total. The highest BCUT2D eigenvalue weighted by atomic mass is 16.5. The Bertz CT molecular complexity index is 1240. The molecule has 1 aliphatic rings. The predicted octanol–water partition coefficient (Wildman–Crippen LogP) is 3.70. The zero-order valence-electron chi connectivity index (χ0n) is 17.2. The molecule has 0 aliphatic heterocycles. The standard InChI is InChI=1S/C24H23N5O2/c1-2-28-15-20-21(25-28)13-12-19-22(20)26-29(23(19)17-6-4-3-5-7-17)14-16-8-10-18(11-9-16)24(30)27-31/h3-11,15,31H,2,12-14H2,1H3,(H,27,30). The monoisotopic (exact) mass is 413 g/mol. The van der Waals surface area contributed by atoms with Gasteiger partial charge in [0, 0.05) is 35.0 Å². The fraction of sp³-hybridized carbons (Fsp3) is 0.208. The van der Waals surface area contributed by atoms with Crippen LogP contribution in [-0.2, 0) is 25.9 Å². The molecule has 0 saturated heterocycles. The van der Waals surface area contributed by atoms with Crippen LogP contribution in [0.4, 0.5) is 0 Å². The maximum Gasteiger partial charge on any atom is 0.274 e. The Hall–Kier alpha value is -3.71. The average Bonchev–Trinajstić information content (AvgIpc) is 3.40. The molecule has 0 radical (unpaired) electrons. The van der Waals surface area contributed by atoms with E-state index in [4.69, 9.17) is 15.4 Å². The van der Waals surface area contributed by atoms with Crippen LogP contribution in [0.3, 0.4) is 0 Å². The van der Waals surface area contributed by atoms with E-state index in [1.54, 1.807) is 17.6 Å². The SMILES string of the molecule is CCn1cc2c(n1)CCc1c-2nn(Cc2ccc(C(=O)NO)cc2)c1-c1ccccc1. The van der Waals surface area contributed by atoms with Crippen molar-refractivity contribution in [2.24, 2.45) is 0 Å². The molecule has 31 heavy (non-hydrogen) atoms. The topological polar surface area (TPSA) is 85.0 Å². The van der Waals surface area contributed by atoms with E-state index < -0.39 is 5.91 Å². The molecule has 2 aromatic heterocycles. The number of hydrogen-bond donors (Lipinski definition) is 2. The third-order valence-electron chi connectivity index (χ3n) is 5.78. The Morgan fingerprint density at radius 3 is 2.55 bits per heavy atom. The Kier molecular flexibility index (Phi) is 4.88. The second-order valence-corrected chi connectivity index (χ2v) is 7.68. The molecule has 0 unspecified atom stereocenters. The summed E-state index contributed by atoms with van der Waals surface area (Å²) in [5, 5.41) is 18.6. The minimum atomic E-state index is -0.522. The van der Waals surface area contributed by atoms with Gasteiger partial charge in [0.1, 0.15) is 0 Å². The number of nitrogens with one attached hydrogen (secondary N) is 1. The van der Waals surface area contributed by atoms with Gasteiger partial charge in [0.15, 0.2) is 0 Å². The van der Waals surface area contributed by atoms with E-state index in [1.807, 2.05) is 35.0 Å². The Labute approximate surface area is 179 Å². The van der Waals surface area contributed by atoms with E-state index in [-0.39, 0.29) is 0 Å². The van der Waals surface area contributed by atoms with Crippen LogP contribution in [0, 0.1) is 0 Å². The summed E-state index contributed by atoms with van der Waals surface area (Å²) >= 11 is 0. The summed E-state index contributed by atoms with van der Waals surface area (Å²) in [7, 11) is 0. The first-order valence-electron chi connectivity index (χ1n) is 10.4. The minimum absolute atomic E-state index is 0.408. The number of nitrogens with zero attached hydrogens (tertiary/aromatic N) is 4. The predicted molar refractivity (Wildman–Crippen MR) is 117 cm³/mol. The number of benzene rings is 2. The van der Waals surface area contributed by atoms with E-state index in [0.717, 1.165) is 53.2 Å². The lowest BCUT2D eigenvalue weighted by atomic mass is 9.92. The number of carbonyl (C=O) groups excluding carboxylic acids is 1. The van der Waals surface area contributed by atoms with Crippen molar-refractivity contribution in [2.75, 3.05) is 0 Å². The lowest BCUT2D eigenvalue weighted by Crippen LogP contribution is -2.18. The molecule has 0 fully saturated rings. The second kappa shape index (κ2) is 7.85. The van der Waals surface area contributed by atoms with Crippen molar-refractivity contribution < 1.29 is 10.0 Å². The molecule has 0 atom stereocenters. The Morgan fingerprint density at radius 2 is 1.84 bits per heavy atom. The summed E-state index contributed by atoms with van der Waals surface area (Å²) in [6, 6.07) is 17.5. The van der Waals surface area contributed by atoms with Crippen molar-refractivity contribution in [3.63, 3.8) is 0 Å². The molecule has 0 bridgehead atoms. The van der Waals surface area contributed by atoms with E-state index in [9.17, 15) is 4.79 Å². The molecule has 7 heteroatoms. The lowest BCUT2D eigenvalue weighted by molar-refractivity contribution is 0.0706. The van der Waals surface area contributed by atoms with Crippen molar-refractivity contribution in [3.8, 4) is 22.5 Å². The van der Waals surface area contributed by atoms with Crippen molar-refractivity contribution in [1.29, 1.82) is 0 Å². The van der Waals surface area contributed by atoms with Crippen LogP contribution in [0.15, 0.2) is 60.8 Å². The summed E-state index contributed by atoms with van der Waals surface area (Å²) in [4.78, 5) is 11.6. The van der Waals surface area contributed by atoms with Crippen molar-refractivity contribution in [3.05, 3.63) is 83.2 Å². The molecule has 4 aromatic rings. The molecular formula is C24H23N5O2. The average molecular weight is 413 g/mol. The van der Waals surface area contributed by atoms with Crippen molar-refractivity contribution in [1.82, 2.24) is 25.0 Å². The number of hydroxylamine groups is 1. The van der Waals surface area contributed by atoms with Gasteiger partial charge in [-0.1, -0.05) is 42.5 Å². The van der Waals surface area contributed by atoms with Crippen molar-refractivity contribution in [2.45, 2.75) is 32.9 Å². The number of rotatable bonds is 5. The van der Waals surface area contributed by atoms with Gasteiger partial charge in [0.05, 0.1) is 23.6 Å². The van der Waals surface area contributed by atoms with Crippen LogP contribution in [0.2, 0.25) is 0 Å². The van der Waals surface area contributed by atoms with Crippen LogP contribution in [0.25, 0.3) is 22.5 Å². The summed E-state index contributed by atoms with van der Waals surface area (Å²) in [5.74, 6) is -0.522. The maximum atomic E-state index is 11.6. The van der Waals surface area contributed by atoms with Crippen LogP contribution in [-0.4, -0.2) is 30.7 Å². The maximum absolute atomic E-state index is 11.6. The zero-order valence-corrected chi connectivity index (χ0v) is 17.2. The fourth-order valence-electron chi connectivity index (χ4n) is 4.23. The number of carbonyl (C=O) groups is 1. The smallest absolute Gasteiger partial charge is 0.274 e. The van der Waals surface area contributed by atoms with E-state index >= 15 is 0 Å². The highest BCUT2D eigenvalue weighted by Crippen LogP contribution is 2.38. The van der Waals surface area contributed by atoms with Crippen LogP contribution >= 0.6 is 0 Å². The van der Waals surface area contributed by atoms with E-state index in [1.165, 1.54) is 5.56 Å². The first kappa shape index (κ1) is 19.3. The van der Waals surface area contributed by atoms with Gasteiger partial charge in [0.2, 0.25) is 0 Å². The molecule has 0 saturated carbocycles.